The zero-order valence-electron chi connectivity index (χ0n) is 26.9. The fourth-order valence-electron chi connectivity index (χ4n) is 5.60. The molecule has 3 aromatic carbocycles. The van der Waals surface area contributed by atoms with Crippen LogP contribution in [0.25, 0.3) is 0 Å². The molecule has 2 unspecified atom stereocenters. The minimum absolute atomic E-state index is 0.165. The predicted octanol–water partition coefficient (Wildman–Crippen LogP) is 5.48. The first-order chi connectivity index (χ1) is 22.1. The predicted molar refractivity (Wildman–Crippen MR) is 172 cm³/mol. The highest BCUT2D eigenvalue weighted by molar-refractivity contribution is 6.00. The molecule has 0 aromatic heterocycles. The summed E-state index contributed by atoms with van der Waals surface area (Å²) in [6, 6.07) is 21.1. The smallest absolute Gasteiger partial charge is 0.337 e. The molecular weight excluding hydrogens is 590 g/mol. The Kier molecular flexibility index (Phi) is 11.2. The summed E-state index contributed by atoms with van der Waals surface area (Å²) in [6.07, 6.45) is 0.0470. The van der Waals surface area contributed by atoms with E-state index >= 15 is 0 Å². The Morgan fingerprint density at radius 1 is 0.891 bits per heavy atom. The van der Waals surface area contributed by atoms with Crippen LogP contribution in [-0.4, -0.2) is 63.2 Å². The Balaban J connectivity index is 1.63. The Bertz CT molecular complexity index is 1650. The lowest BCUT2D eigenvalue weighted by molar-refractivity contribution is -0.384. The van der Waals surface area contributed by atoms with Gasteiger partial charge in [0.2, 0.25) is 0 Å². The van der Waals surface area contributed by atoms with Crippen molar-refractivity contribution in [3.63, 3.8) is 0 Å². The largest absolute Gasteiger partial charge is 0.493 e. The average Bonchev–Trinajstić information content (AvgIpc) is 3.06. The number of nitrogens with one attached hydrogen (secondary N) is 1. The van der Waals surface area contributed by atoms with E-state index in [0.717, 1.165) is 11.1 Å². The number of nitro groups is 1. The van der Waals surface area contributed by atoms with Crippen molar-refractivity contribution in [2.45, 2.75) is 32.3 Å². The molecule has 0 saturated heterocycles. The minimum Gasteiger partial charge on any atom is -0.493 e. The van der Waals surface area contributed by atoms with Gasteiger partial charge in [-0.15, -0.1) is 0 Å². The molecular formula is C35H39N3O8. The number of nitro benzene ring substituents is 1. The number of rotatable bonds is 13. The molecule has 11 heteroatoms. The maximum Gasteiger partial charge on any atom is 0.337 e. The highest BCUT2D eigenvalue weighted by Crippen LogP contribution is 2.41. The second kappa shape index (κ2) is 15.2. The molecule has 4 rings (SSSR count). The maximum atomic E-state index is 14.2. The van der Waals surface area contributed by atoms with E-state index in [4.69, 9.17) is 18.9 Å². The van der Waals surface area contributed by atoms with Crippen LogP contribution in [0.3, 0.4) is 0 Å². The number of ether oxygens (including phenoxy) is 4. The molecule has 2 atom stereocenters. The average molecular weight is 630 g/mol. The maximum absolute atomic E-state index is 14.2. The van der Waals surface area contributed by atoms with Crippen molar-refractivity contribution in [1.82, 2.24) is 10.2 Å². The van der Waals surface area contributed by atoms with E-state index in [0.29, 0.717) is 48.0 Å². The molecule has 0 aliphatic carbocycles. The molecule has 0 spiro atoms. The van der Waals surface area contributed by atoms with E-state index < -0.39 is 28.9 Å². The van der Waals surface area contributed by atoms with Crippen LogP contribution in [0.15, 0.2) is 95.3 Å². The zero-order valence-corrected chi connectivity index (χ0v) is 26.9. The third kappa shape index (κ3) is 7.73. The van der Waals surface area contributed by atoms with Gasteiger partial charge in [-0.3, -0.25) is 10.1 Å². The second-order valence-corrected chi connectivity index (χ2v) is 11.0. The molecule has 0 fully saturated rings. The topological polar surface area (TPSA) is 129 Å². The van der Waals surface area contributed by atoms with Crippen LogP contribution < -0.4 is 14.8 Å². The van der Waals surface area contributed by atoms with E-state index in [-0.39, 0.29) is 16.8 Å². The molecule has 0 radical (unpaired) electrons. The summed E-state index contributed by atoms with van der Waals surface area (Å²) < 4.78 is 22.1. The number of carbonyl (C=O) groups excluding carboxylic acids is 2. The summed E-state index contributed by atoms with van der Waals surface area (Å²) in [5, 5.41) is 14.7. The highest BCUT2D eigenvalue weighted by Gasteiger charge is 2.39. The third-order valence-corrected chi connectivity index (χ3v) is 7.93. The molecule has 0 bridgehead atoms. The molecule has 1 heterocycles. The van der Waals surface area contributed by atoms with Gasteiger partial charge in [-0.2, -0.15) is 0 Å². The van der Waals surface area contributed by atoms with Crippen LogP contribution in [0.1, 0.15) is 42.6 Å². The molecule has 1 aliphatic rings. The van der Waals surface area contributed by atoms with Crippen molar-refractivity contribution in [2.75, 3.05) is 41.5 Å². The van der Waals surface area contributed by atoms with Gasteiger partial charge in [0.25, 0.3) is 5.69 Å². The monoisotopic (exact) mass is 629 g/mol. The van der Waals surface area contributed by atoms with Crippen LogP contribution in [-0.2, 0) is 25.5 Å². The number of nitrogens with zero attached hydrogens (tertiary/aromatic N) is 2. The molecule has 0 amide bonds. The normalized spacial score (nSPS) is 15.2. The third-order valence-electron chi connectivity index (χ3n) is 7.93. The lowest BCUT2D eigenvalue weighted by atomic mass is 9.80. The summed E-state index contributed by atoms with van der Waals surface area (Å²) in [5.41, 5.74) is 3.37. The standard InChI is InChI=1S/C35H39N3O8/c1-22-31(34(39)45-6)33(26-13-10-14-27(20-26)38(41)42)32(23(2)36-22)35(40)46-30(25-11-8-7-9-12-25)21-37(3)18-17-24-15-16-28(43-4)29(19-24)44-5/h7-16,19-20,30,33,36H,17-18,21H2,1-6H3. The van der Waals surface area contributed by atoms with E-state index in [1.807, 2.05) is 55.6 Å². The summed E-state index contributed by atoms with van der Waals surface area (Å²) in [7, 11) is 6.39. The fourth-order valence-corrected chi connectivity index (χ4v) is 5.60. The Morgan fingerprint density at radius 3 is 2.20 bits per heavy atom. The number of benzene rings is 3. The number of non-ortho nitro benzene ring substituents is 1. The van der Waals surface area contributed by atoms with Gasteiger partial charge in [-0.05, 0) is 56.1 Å². The number of likely N-dealkylation sites (N-methyl/N-ethyl adjacent to an activating group) is 1. The molecule has 0 saturated carbocycles. The number of esters is 2. The molecule has 242 valence electrons. The van der Waals surface area contributed by atoms with Gasteiger partial charge < -0.3 is 29.2 Å². The summed E-state index contributed by atoms with van der Waals surface area (Å²) in [5.74, 6) is -0.967. The van der Waals surface area contributed by atoms with Gasteiger partial charge in [0.1, 0.15) is 6.10 Å². The van der Waals surface area contributed by atoms with Crippen molar-refractivity contribution in [3.8, 4) is 11.5 Å². The number of carbonyl (C=O) groups is 2. The van der Waals surface area contributed by atoms with Crippen LogP contribution in [0.4, 0.5) is 5.69 Å². The lowest BCUT2D eigenvalue weighted by Crippen LogP contribution is -2.34. The summed E-state index contributed by atoms with van der Waals surface area (Å²) in [4.78, 5) is 40.4. The number of hydrogen-bond acceptors (Lipinski definition) is 10. The van der Waals surface area contributed by atoms with Crippen LogP contribution >= 0.6 is 0 Å². The Labute approximate surface area is 268 Å². The number of dihydropyridines is 1. The van der Waals surface area contributed by atoms with Gasteiger partial charge in [-0.25, -0.2) is 9.59 Å². The van der Waals surface area contributed by atoms with Crippen molar-refractivity contribution in [3.05, 3.63) is 122 Å². The van der Waals surface area contributed by atoms with Crippen LogP contribution in [0.5, 0.6) is 11.5 Å². The SMILES string of the molecule is COC(=O)C1=C(C)NC(C)=C(C(=O)OC(CN(C)CCc2ccc(OC)c(OC)c2)c2ccccc2)C1c1cccc([N+](=O)[O-])c1. The Hall–Kier alpha value is -5.16. The van der Waals surface area contributed by atoms with E-state index in [1.54, 1.807) is 34.1 Å². The molecule has 3 aromatic rings. The van der Waals surface area contributed by atoms with Crippen molar-refractivity contribution in [2.24, 2.45) is 0 Å². The van der Waals surface area contributed by atoms with Gasteiger partial charge >= 0.3 is 11.9 Å². The van der Waals surface area contributed by atoms with E-state index in [1.165, 1.54) is 25.3 Å². The van der Waals surface area contributed by atoms with E-state index in [2.05, 4.69) is 10.2 Å². The summed E-state index contributed by atoms with van der Waals surface area (Å²) >= 11 is 0. The number of allylic oxidation sites excluding steroid dienone is 2. The first kappa shape index (κ1) is 33.7. The zero-order chi connectivity index (χ0) is 33.4. The van der Waals surface area contributed by atoms with Gasteiger partial charge in [0.15, 0.2) is 11.5 Å². The fraction of sp³-hybridized carbons (Fsp3) is 0.314. The number of methoxy groups -OCH3 is 3. The first-order valence-corrected chi connectivity index (χ1v) is 14.7. The summed E-state index contributed by atoms with van der Waals surface area (Å²) in [6.45, 7) is 4.45. The van der Waals surface area contributed by atoms with Crippen molar-refractivity contribution < 1.29 is 33.5 Å². The minimum atomic E-state index is -0.958. The number of hydrogen-bond donors (Lipinski definition) is 1. The Morgan fingerprint density at radius 2 is 1.57 bits per heavy atom. The van der Waals surface area contributed by atoms with Crippen molar-refractivity contribution >= 4 is 17.6 Å². The molecule has 11 nitrogen and oxygen atoms in total. The molecule has 46 heavy (non-hydrogen) atoms. The van der Waals surface area contributed by atoms with E-state index in [9.17, 15) is 19.7 Å². The lowest BCUT2D eigenvalue weighted by Gasteiger charge is -2.32. The first-order valence-electron chi connectivity index (χ1n) is 14.7. The van der Waals surface area contributed by atoms with Gasteiger partial charge in [0.05, 0.1) is 43.3 Å². The molecule has 1 aliphatic heterocycles. The van der Waals surface area contributed by atoms with Crippen molar-refractivity contribution in [1.29, 1.82) is 0 Å². The van der Waals surface area contributed by atoms with Gasteiger partial charge in [-0.1, -0.05) is 48.5 Å². The van der Waals surface area contributed by atoms with Gasteiger partial charge in [0, 0.05) is 36.6 Å². The second-order valence-electron chi connectivity index (χ2n) is 11.0. The quantitative estimate of drug-likeness (QED) is 0.147. The molecule has 1 N–H and O–H groups in total. The van der Waals surface area contributed by atoms with Crippen LogP contribution in [0.2, 0.25) is 0 Å². The highest BCUT2D eigenvalue weighted by atomic mass is 16.6. The van der Waals surface area contributed by atoms with Crippen LogP contribution in [0, 0.1) is 10.1 Å².